The average Bonchev–Trinajstić information content (AvgIpc) is 2.99. The summed E-state index contributed by atoms with van der Waals surface area (Å²) in [6, 6.07) is 18.2. The fourth-order valence-corrected chi connectivity index (χ4v) is 2.04. The number of hydrogen-bond acceptors (Lipinski definition) is 4. The summed E-state index contributed by atoms with van der Waals surface area (Å²) in [5.74, 6) is 1.16. The lowest BCUT2D eigenvalue weighted by molar-refractivity contribution is 0.477. The van der Waals surface area contributed by atoms with Crippen LogP contribution in [0.2, 0.25) is 0 Å². The maximum atomic E-state index is 5.64. The van der Waals surface area contributed by atoms with Crippen LogP contribution in [0.3, 0.4) is 0 Å². The zero-order valence-corrected chi connectivity index (χ0v) is 11.9. The zero-order valence-electron chi connectivity index (χ0n) is 11.9. The first-order valence-electron chi connectivity index (χ1n) is 6.95. The molecule has 1 heterocycles. The highest BCUT2D eigenvalue weighted by atomic mass is 16.4. The minimum atomic E-state index is 0.558. The molecule has 1 aromatic heterocycles. The zero-order chi connectivity index (χ0) is 14.5. The van der Waals surface area contributed by atoms with Crippen molar-refractivity contribution in [3.63, 3.8) is 0 Å². The van der Waals surface area contributed by atoms with Gasteiger partial charge in [-0.2, -0.15) is 0 Å². The first-order valence-corrected chi connectivity index (χ1v) is 6.95. The second-order valence-corrected chi connectivity index (χ2v) is 4.96. The molecule has 0 aliphatic carbocycles. The average molecular weight is 279 g/mol. The van der Waals surface area contributed by atoms with E-state index in [1.54, 1.807) is 0 Å². The van der Waals surface area contributed by atoms with Crippen molar-refractivity contribution in [2.75, 3.05) is 0 Å². The molecule has 21 heavy (non-hydrogen) atoms. The number of rotatable bonds is 5. The van der Waals surface area contributed by atoms with Crippen molar-refractivity contribution in [2.45, 2.75) is 20.0 Å². The van der Waals surface area contributed by atoms with Gasteiger partial charge >= 0.3 is 0 Å². The summed E-state index contributed by atoms with van der Waals surface area (Å²) in [6.45, 7) is 3.43. The fraction of sp³-hybridized carbons (Fsp3) is 0.176. The van der Waals surface area contributed by atoms with Gasteiger partial charge in [-0.25, -0.2) is 0 Å². The molecule has 0 unspecified atom stereocenters. The van der Waals surface area contributed by atoms with E-state index < -0.39 is 0 Å². The molecule has 2 aromatic carbocycles. The Morgan fingerprint density at radius 1 is 0.905 bits per heavy atom. The topological polar surface area (TPSA) is 51.0 Å². The van der Waals surface area contributed by atoms with Gasteiger partial charge in [0.2, 0.25) is 11.8 Å². The Morgan fingerprint density at radius 2 is 1.67 bits per heavy atom. The van der Waals surface area contributed by atoms with Gasteiger partial charge in [0.15, 0.2) is 0 Å². The molecule has 3 aromatic rings. The molecular weight excluding hydrogens is 262 g/mol. The molecule has 3 rings (SSSR count). The Kier molecular flexibility index (Phi) is 4.07. The smallest absolute Gasteiger partial charge is 0.247 e. The van der Waals surface area contributed by atoms with Crippen molar-refractivity contribution in [1.29, 1.82) is 0 Å². The highest BCUT2D eigenvalue weighted by Gasteiger charge is 2.07. The molecular formula is C17H17N3O. The molecule has 106 valence electrons. The van der Waals surface area contributed by atoms with E-state index >= 15 is 0 Å². The quantitative estimate of drug-likeness (QED) is 0.778. The summed E-state index contributed by atoms with van der Waals surface area (Å²) >= 11 is 0. The van der Waals surface area contributed by atoms with Crippen molar-refractivity contribution in [1.82, 2.24) is 15.5 Å². The number of aromatic nitrogens is 2. The third-order valence-electron chi connectivity index (χ3n) is 3.21. The number of benzene rings is 2. The van der Waals surface area contributed by atoms with Crippen molar-refractivity contribution >= 4 is 0 Å². The monoisotopic (exact) mass is 279 g/mol. The van der Waals surface area contributed by atoms with E-state index in [9.17, 15) is 0 Å². The van der Waals surface area contributed by atoms with Crippen LogP contribution in [0.5, 0.6) is 0 Å². The Morgan fingerprint density at radius 3 is 2.43 bits per heavy atom. The molecule has 4 nitrogen and oxygen atoms in total. The van der Waals surface area contributed by atoms with Gasteiger partial charge in [0.1, 0.15) is 0 Å². The summed E-state index contributed by atoms with van der Waals surface area (Å²) < 4.78 is 5.64. The lowest BCUT2D eigenvalue weighted by atomic mass is 10.1. The fourth-order valence-electron chi connectivity index (χ4n) is 2.04. The van der Waals surface area contributed by atoms with Gasteiger partial charge in [0.05, 0.1) is 6.54 Å². The van der Waals surface area contributed by atoms with Crippen LogP contribution in [-0.4, -0.2) is 10.2 Å². The van der Waals surface area contributed by atoms with Crippen LogP contribution in [0, 0.1) is 6.92 Å². The summed E-state index contributed by atoms with van der Waals surface area (Å²) in [5.41, 5.74) is 3.45. The van der Waals surface area contributed by atoms with E-state index in [0.717, 1.165) is 12.1 Å². The Labute approximate surface area is 123 Å². The van der Waals surface area contributed by atoms with Crippen LogP contribution in [0.15, 0.2) is 59.0 Å². The maximum Gasteiger partial charge on any atom is 0.247 e. The molecule has 4 heteroatoms. The minimum absolute atomic E-state index is 0.558. The first-order chi connectivity index (χ1) is 10.3. The lowest BCUT2D eigenvalue weighted by Crippen LogP contribution is -2.12. The van der Waals surface area contributed by atoms with Crippen LogP contribution in [0.1, 0.15) is 17.0 Å². The second kappa shape index (κ2) is 6.33. The van der Waals surface area contributed by atoms with E-state index in [1.807, 2.05) is 30.3 Å². The van der Waals surface area contributed by atoms with Gasteiger partial charge in [-0.15, -0.1) is 10.2 Å². The maximum absolute atomic E-state index is 5.64. The van der Waals surface area contributed by atoms with Crippen molar-refractivity contribution in [3.8, 4) is 11.5 Å². The molecule has 0 spiro atoms. The molecule has 0 fully saturated rings. The SMILES string of the molecule is Cc1ccc(CNCc2nnc(-c3ccccc3)o2)cc1. The molecule has 0 bridgehead atoms. The number of nitrogens with zero attached hydrogens (tertiary/aromatic N) is 2. The van der Waals surface area contributed by atoms with Crippen LogP contribution >= 0.6 is 0 Å². The molecule has 0 saturated carbocycles. The van der Waals surface area contributed by atoms with E-state index in [2.05, 4.69) is 46.7 Å². The summed E-state index contributed by atoms with van der Waals surface area (Å²) in [6.07, 6.45) is 0. The Hall–Kier alpha value is -2.46. The van der Waals surface area contributed by atoms with Crippen LogP contribution in [0.4, 0.5) is 0 Å². The number of nitrogens with one attached hydrogen (secondary N) is 1. The van der Waals surface area contributed by atoms with Crippen molar-refractivity contribution in [2.24, 2.45) is 0 Å². The molecule has 0 saturated heterocycles. The van der Waals surface area contributed by atoms with Crippen LogP contribution in [0.25, 0.3) is 11.5 Å². The largest absolute Gasteiger partial charge is 0.419 e. The second-order valence-electron chi connectivity index (χ2n) is 4.96. The molecule has 0 radical (unpaired) electrons. The van der Waals surface area contributed by atoms with Gasteiger partial charge < -0.3 is 9.73 Å². The highest BCUT2D eigenvalue weighted by molar-refractivity contribution is 5.51. The predicted octanol–water partition coefficient (Wildman–Crippen LogP) is 3.33. The van der Waals surface area contributed by atoms with E-state index in [1.165, 1.54) is 11.1 Å². The third kappa shape index (κ3) is 3.55. The molecule has 0 atom stereocenters. The summed E-state index contributed by atoms with van der Waals surface area (Å²) in [5, 5.41) is 11.4. The van der Waals surface area contributed by atoms with E-state index in [4.69, 9.17) is 4.42 Å². The van der Waals surface area contributed by atoms with Gasteiger partial charge in [-0.1, -0.05) is 48.0 Å². The summed E-state index contributed by atoms with van der Waals surface area (Å²) in [4.78, 5) is 0. The van der Waals surface area contributed by atoms with Gasteiger partial charge in [0, 0.05) is 12.1 Å². The third-order valence-corrected chi connectivity index (χ3v) is 3.21. The van der Waals surface area contributed by atoms with Gasteiger partial charge in [0.25, 0.3) is 0 Å². The van der Waals surface area contributed by atoms with Crippen LogP contribution in [-0.2, 0) is 13.1 Å². The van der Waals surface area contributed by atoms with E-state index in [-0.39, 0.29) is 0 Å². The molecule has 0 amide bonds. The molecule has 0 aliphatic heterocycles. The molecule has 1 N–H and O–H groups in total. The van der Waals surface area contributed by atoms with E-state index in [0.29, 0.717) is 18.3 Å². The van der Waals surface area contributed by atoms with Crippen LogP contribution < -0.4 is 5.32 Å². The highest BCUT2D eigenvalue weighted by Crippen LogP contribution is 2.16. The Bertz CT molecular complexity index is 690. The van der Waals surface area contributed by atoms with Gasteiger partial charge in [-0.05, 0) is 24.6 Å². The summed E-state index contributed by atoms with van der Waals surface area (Å²) in [7, 11) is 0. The number of hydrogen-bond donors (Lipinski definition) is 1. The minimum Gasteiger partial charge on any atom is -0.419 e. The van der Waals surface area contributed by atoms with Gasteiger partial charge in [-0.3, -0.25) is 0 Å². The van der Waals surface area contributed by atoms with Crippen molar-refractivity contribution < 1.29 is 4.42 Å². The standard InChI is InChI=1S/C17H17N3O/c1-13-7-9-14(10-8-13)11-18-12-16-19-20-17(21-16)15-5-3-2-4-6-15/h2-10,18H,11-12H2,1H3. The Balaban J connectivity index is 1.57. The van der Waals surface area contributed by atoms with Crippen molar-refractivity contribution in [3.05, 3.63) is 71.6 Å². The predicted molar refractivity (Wildman–Crippen MR) is 81.5 cm³/mol. The normalized spacial score (nSPS) is 10.7. The number of aryl methyl sites for hydroxylation is 1. The first kappa shape index (κ1) is 13.5. The molecule has 0 aliphatic rings. The lowest BCUT2D eigenvalue weighted by Gasteiger charge is -2.02.